The van der Waals surface area contributed by atoms with Gasteiger partial charge in [0.15, 0.2) is 0 Å². The molecule has 0 spiro atoms. The molecule has 2 rings (SSSR count). The average molecular weight is 293 g/mol. The standard InChI is InChI=1S/C16H18ClFN2/c1-11-4-7-14(9-16(11)20(2)3)19-10-12-5-6-13(17)8-15(12)18/h4-9,19H,10H2,1-3H3. The van der Waals surface area contributed by atoms with Gasteiger partial charge in [0.1, 0.15) is 5.82 Å². The van der Waals surface area contributed by atoms with Crippen LogP contribution in [0.1, 0.15) is 11.1 Å². The zero-order valence-corrected chi connectivity index (χ0v) is 12.6. The fourth-order valence-electron chi connectivity index (χ4n) is 2.06. The van der Waals surface area contributed by atoms with Gasteiger partial charge in [-0.15, -0.1) is 0 Å². The van der Waals surface area contributed by atoms with Gasteiger partial charge >= 0.3 is 0 Å². The van der Waals surface area contributed by atoms with Gasteiger partial charge in [-0.1, -0.05) is 23.7 Å². The summed E-state index contributed by atoms with van der Waals surface area (Å²) in [6, 6.07) is 10.8. The molecule has 2 aromatic rings. The second-order valence-corrected chi connectivity index (χ2v) is 5.42. The Balaban J connectivity index is 2.13. The zero-order chi connectivity index (χ0) is 14.7. The van der Waals surface area contributed by atoms with Crippen molar-refractivity contribution in [3.8, 4) is 0 Å². The second-order valence-electron chi connectivity index (χ2n) is 4.98. The highest BCUT2D eigenvalue weighted by molar-refractivity contribution is 6.30. The SMILES string of the molecule is Cc1ccc(NCc2ccc(Cl)cc2F)cc1N(C)C. The monoisotopic (exact) mass is 292 g/mol. The smallest absolute Gasteiger partial charge is 0.129 e. The summed E-state index contributed by atoms with van der Waals surface area (Å²) in [6.07, 6.45) is 0. The molecule has 1 N–H and O–H groups in total. The molecule has 0 aliphatic carbocycles. The van der Waals surface area contributed by atoms with Crippen molar-refractivity contribution in [3.05, 3.63) is 58.4 Å². The summed E-state index contributed by atoms with van der Waals surface area (Å²) in [6.45, 7) is 2.50. The minimum Gasteiger partial charge on any atom is -0.381 e. The Bertz CT molecular complexity index is 611. The molecule has 0 bridgehead atoms. The maximum atomic E-state index is 13.7. The average Bonchev–Trinajstić information content (AvgIpc) is 2.39. The topological polar surface area (TPSA) is 15.3 Å². The molecule has 2 nitrogen and oxygen atoms in total. The second kappa shape index (κ2) is 6.14. The molecule has 0 aromatic heterocycles. The maximum absolute atomic E-state index is 13.7. The third kappa shape index (κ3) is 3.42. The van der Waals surface area contributed by atoms with E-state index in [9.17, 15) is 4.39 Å². The van der Waals surface area contributed by atoms with Gasteiger partial charge in [0.05, 0.1) is 0 Å². The number of nitrogens with one attached hydrogen (secondary N) is 1. The first-order chi connectivity index (χ1) is 9.47. The van der Waals surface area contributed by atoms with Crippen molar-refractivity contribution in [3.63, 3.8) is 0 Å². The molecule has 0 heterocycles. The van der Waals surface area contributed by atoms with E-state index in [0.717, 1.165) is 11.4 Å². The van der Waals surface area contributed by atoms with Crippen LogP contribution in [-0.2, 0) is 6.54 Å². The summed E-state index contributed by atoms with van der Waals surface area (Å²) < 4.78 is 13.7. The summed E-state index contributed by atoms with van der Waals surface area (Å²) in [4.78, 5) is 2.06. The predicted octanol–water partition coefficient (Wildman–Crippen LogP) is 4.47. The van der Waals surface area contributed by atoms with E-state index in [1.165, 1.54) is 11.6 Å². The quantitative estimate of drug-likeness (QED) is 0.894. The molecule has 0 radical (unpaired) electrons. The number of aryl methyl sites for hydroxylation is 1. The first kappa shape index (κ1) is 14.7. The van der Waals surface area contributed by atoms with E-state index in [1.54, 1.807) is 12.1 Å². The van der Waals surface area contributed by atoms with Crippen LogP contribution in [0.2, 0.25) is 5.02 Å². The van der Waals surface area contributed by atoms with Crippen LogP contribution in [0.5, 0.6) is 0 Å². The summed E-state index contributed by atoms with van der Waals surface area (Å²) in [7, 11) is 4.01. The zero-order valence-electron chi connectivity index (χ0n) is 11.9. The summed E-state index contributed by atoms with van der Waals surface area (Å²) in [5.41, 5.74) is 3.92. The number of hydrogen-bond acceptors (Lipinski definition) is 2. The van der Waals surface area contributed by atoms with Gasteiger partial charge in [0.2, 0.25) is 0 Å². The Kier molecular flexibility index (Phi) is 4.50. The van der Waals surface area contributed by atoms with Gasteiger partial charge in [0.25, 0.3) is 0 Å². The molecule has 0 fully saturated rings. The number of halogens is 2. The molecule has 0 aliphatic rings. The largest absolute Gasteiger partial charge is 0.381 e. The van der Waals surface area contributed by atoms with Gasteiger partial charge in [0, 0.05) is 42.6 Å². The van der Waals surface area contributed by atoms with E-state index in [-0.39, 0.29) is 5.82 Å². The van der Waals surface area contributed by atoms with Crippen LogP contribution in [0.3, 0.4) is 0 Å². The molecule has 0 saturated carbocycles. The third-order valence-corrected chi connectivity index (χ3v) is 3.42. The molecular weight excluding hydrogens is 275 g/mol. The lowest BCUT2D eigenvalue weighted by Crippen LogP contribution is -2.11. The Morgan fingerprint density at radius 2 is 1.90 bits per heavy atom. The molecule has 0 unspecified atom stereocenters. The van der Waals surface area contributed by atoms with Gasteiger partial charge in [-0.25, -0.2) is 4.39 Å². The summed E-state index contributed by atoms with van der Waals surface area (Å²) in [5, 5.41) is 3.65. The van der Waals surface area contributed by atoms with E-state index in [1.807, 2.05) is 20.2 Å². The van der Waals surface area contributed by atoms with Crippen LogP contribution in [0, 0.1) is 12.7 Å². The molecule has 0 aliphatic heterocycles. The highest BCUT2D eigenvalue weighted by Crippen LogP contribution is 2.23. The van der Waals surface area contributed by atoms with Crippen LogP contribution in [0.25, 0.3) is 0 Å². The van der Waals surface area contributed by atoms with Gasteiger partial charge in [-0.3, -0.25) is 0 Å². The molecule has 4 heteroatoms. The van der Waals surface area contributed by atoms with Crippen molar-refractivity contribution < 1.29 is 4.39 Å². The van der Waals surface area contributed by atoms with E-state index in [4.69, 9.17) is 11.6 Å². The number of rotatable bonds is 4. The first-order valence-corrected chi connectivity index (χ1v) is 6.81. The number of anilines is 2. The Morgan fingerprint density at radius 3 is 2.55 bits per heavy atom. The highest BCUT2D eigenvalue weighted by Gasteiger charge is 2.05. The predicted molar refractivity (Wildman–Crippen MR) is 84.2 cm³/mol. The molecule has 0 amide bonds. The molecule has 106 valence electrons. The van der Waals surface area contributed by atoms with Gasteiger partial charge in [-0.2, -0.15) is 0 Å². The lowest BCUT2D eigenvalue weighted by molar-refractivity contribution is 0.613. The normalized spacial score (nSPS) is 10.4. The van der Waals surface area contributed by atoms with Crippen molar-refractivity contribution in [2.45, 2.75) is 13.5 Å². The van der Waals surface area contributed by atoms with Crippen molar-refractivity contribution in [1.29, 1.82) is 0 Å². The molecule has 20 heavy (non-hydrogen) atoms. The van der Waals surface area contributed by atoms with Crippen LogP contribution >= 0.6 is 11.6 Å². The van der Waals surface area contributed by atoms with E-state index in [2.05, 4.69) is 29.3 Å². The molecule has 0 saturated heterocycles. The molecular formula is C16H18ClFN2. The fraction of sp³-hybridized carbons (Fsp3) is 0.250. The lowest BCUT2D eigenvalue weighted by atomic mass is 10.1. The Morgan fingerprint density at radius 1 is 1.15 bits per heavy atom. The maximum Gasteiger partial charge on any atom is 0.129 e. The third-order valence-electron chi connectivity index (χ3n) is 3.19. The van der Waals surface area contributed by atoms with Crippen molar-refractivity contribution in [2.75, 3.05) is 24.3 Å². The highest BCUT2D eigenvalue weighted by atomic mass is 35.5. The van der Waals surface area contributed by atoms with Crippen molar-refractivity contribution >= 4 is 23.0 Å². The van der Waals surface area contributed by atoms with Crippen molar-refractivity contribution in [2.24, 2.45) is 0 Å². The summed E-state index contributed by atoms with van der Waals surface area (Å²) in [5.74, 6) is -0.287. The Labute approximate surface area is 124 Å². The minimum atomic E-state index is -0.287. The van der Waals surface area contributed by atoms with Gasteiger partial charge in [-0.05, 0) is 36.8 Å². The Hall–Kier alpha value is -1.74. The number of nitrogens with zero attached hydrogens (tertiary/aromatic N) is 1. The van der Waals surface area contributed by atoms with E-state index < -0.39 is 0 Å². The van der Waals surface area contributed by atoms with E-state index >= 15 is 0 Å². The lowest BCUT2D eigenvalue weighted by Gasteiger charge is -2.17. The summed E-state index contributed by atoms with van der Waals surface area (Å²) >= 11 is 5.74. The van der Waals surface area contributed by atoms with Crippen LogP contribution in [-0.4, -0.2) is 14.1 Å². The van der Waals surface area contributed by atoms with Gasteiger partial charge < -0.3 is 10.2 Å². The molecule has 0 atom stereocenters. The fourth-order valence-corrected chi connectivity index (χ4v) is 2.22. The van der Waals surface area contributed by atoms with Crippen LogP contribution < -0.4 is 10.2 Å². The van der Waals surface area contributed by atoms with E-state index in [0.29, 0.717) is 17.1 Å². The van der Waals surface area contributed by atoms with Crippen LogP contribution in [0.15, 0.2) is 36.4 Å². The van der Waals surface area contributed by atoms with Crippen molar-refractivity contribution in [1.82, 2.24) is 0 Å². The first-order valence-electron chi connectivity index (χ1n) is 6.43. The molecule has 2 aromatic carbocycles. The van der Waals surface area contributed by atoms with Crippen LogP contribution in [0.4, 0.5) is 15.8 Å². The minimum absolute atomic E-state index is 0.287. The number of benzene rings is 2. The number of hydrogen-bond donors (Lipinski definition) is 1.